The molecule has 240 valence electrons. The quantitative estimate of drug-likeness (QED) is 0.268. The number of aldehydes is 1. The van der Waals surface area contributed by atoms with E-state index in [1.807, 2.05) is 32.1 Å². The summed E-state index contributed by atoms with van der Waals surface area (Å²) in [5.74, 6) is -0.145. The van der Waals surface area contributed by atoms with Gasteiger partial charge in [0, 0.05) is 26.5 Å². The summed E-state index contributed by atoms with van der Waals surface area (Å²) < 4.78 is 29.0. The van der Waals surface area contributed by atoms with Crippen LogP contribution >= 0.6 is 11.6 Å². The van der Waals surface area contributed by atoms with Gasteiger partial charge in [0.15, 0.2) is 5.72 Å². The van der Waals surface area contributed by atoms with E-state index in [9.17, 15) is 19.5 Å². The first kappa shape index (κ1) is 33.5. The predicted molar refractivity (Wildman–Crippen MR) is 164 cm³/mol. The monoisotopic (exact) mass is 632 g/mol. The van der Waals surface area contributed by atoms with E-state index >= 15 is 0 Å². The molecule has 2 fully saturated rings. The Morgan fingerprint density at radius 1 is 1.32 bits per heavy atom. The lowest BCUT2D eigenvalue weighted by Gasteiger charge is -2.42. The van der Waals surface area contributed by atoms with Gasteiger partial charge in [-0.2, -0.15) is 0 Å². The number of nitrogens with one attached hydrogen (secondary N) is 1. The van der Waals surface area contributed by atoms with Crippen LogP contribution in [0.2, 0.25) is 5.02 Å². The van der Waals surface area contributed by atoms with E-state index in [1.54, 1.807) is 26.1 Å². The third-order valence-electron chi connectivity index (χ3n) is 8.57. The summed E-state index contributed by atoms with van der Waals surface area (Å²) in [4.78, 5) is 39.1. The summed E-state index contributed by atoms with van der Waals surface area (Å²) in [5, 5.41) is 14.4. The van der Waals surface area contributed by atoms with Crippen LogP contribution in [0.1, 0.15) is 45.6 Å². The molecule has 2 saturated heterocycles. The van der Waals surface area contributed by atoms with E-state index in [2.05, 4.69) is 11.9 Å². The highest BCUT2D eigenvalue weighted by Crippen LogP contribution is 2.49. The number of anilines is 1. The van der Waals surface area contributed by atoms with Gasteiger partial charge in [-0.1, -0.05) is 48.9 Å². The fraction of sp³-hybridized carbons (Fsp3) is 0.531. The van der Waals surface area contributed by atoms with Gasteiger partial charge in [0.25, 0.3) is 0 Å². The van der Waals surface area contributed by atoms with Crippen molar-refractivity contribution in [1.29, 1.82) is 0 Å². The summed E-state index contributed by atoms with van der Waals surface area (Å²) >= 11 is 6.68. The molecule has 3 heterocycles. The molecule has 12 heteroatoms. The molecule has 3 aliphatic heterocycles. The SMILES string of the molecule is C=C(CC=O)OC1CC(=O)N(C)c2cc(cc(OC)c2Cl)C/C(C)=C/C=C/C(OC)C2(O)CC(OC(=O)N2)C(C)C2OC12C. The third kappa shape index (κ3) is 6.96. The highest BCUT2D eigenvalue weighted by molar-refractivity contribution is 6.35. The summed E-state index contributed by atoms with van der Waals surface area (Å²) in [6, 6.07) is 3.64. The number of hydrogen-bond donors (Lipinski definition) is 2. The molecule has 7 unspecified atom stereocenters. The fourth-order valence-corrected chi connectivity index (χ4v) is 6.26. The minimum atomic E-state index is -1.76. The topological polar surface area (TPSA) is 136 Å². The second-order valence-corrected chi connectivity index (χ2v) is 12.2. The zero-order chi connectivity index (χ0) is 32.4. The van der Waals surface area contributed by atoms with E-state index in [-0.39, 0.29) is 36.0 Å². The van der Waals surface area contributed by atoms with E-state index < -0.39 is 47.8 Å². The average Bonchev–Trinajstić information content (AvgIpc) is 3.66. The van der Waals surface area contributed by atoms with Crippen LogP contribution in [0.3, 0.4) is 0 Å². The Kier molecular flexibility index (Phi) is 10.1. The normalized spacial score (nSPS) is 34.4. The third-order valence-corrected chi connectivity index (χ3v) is 8.95. The Morgan fingerprint density at radius 3 is 2.70 bits per heavy atom. The number of allylic oxidation sites excluding steroid dienone is 4. The van der Waals surface area contributed by atoms with Crippen molar-refractivity contribution in [2.45, 2.75) is 82.2 Å². The second kappa shape index (κ2) is 13.3. The van der Waals surface area contributed by atoms with Crippen molar-refractivity contribution in [3.63, 3.8) is 0 Å². The number of fused-ring (bicyclic) bond motifs is 5. The van der Waals surface area contributed by atoms with Crippen molar-refractivity contribution in [1.82, 2.24) is 5.32 Å². The lowest BCUT2D eigenvalue weighted by molar-refractivity contribution is -0.142. The molecular formula is C32H41ClN2O9. The Bertz CT molecular complexity index is 1360. The van der Waals surface area contributed by atoms with Crippen LogP contribution < -0.4 is 15.0 Å². The van der Waals surface area contributed by atoms with Gasteiger partial charge in [0.2, 0.25) is 5.91 Å². The summed E-state index contributed by atoms with van der Waals surface area (Å²) in [6.45, 7) is 9.41. The van der Waals surface area contributed by atoms with Crippen molar-refractivity contribution < 1.29 is 43.2 Å². The summed E-state index contributed by atoms with van der Waals surface area (Å²) in [6.07, 6.45) is 2.49. The minimum absolute atomic E-state index is 0.0105. The predicted octanol–water partition coefficient (Wildman–Crippen LogP) is 4.24. The Balaban J connectivity index is 1.79. The number of carbonyl (C=O) groups is 3. The van der Waals surface area contributed by atoms with Crippen molar-refractivity contribution in [3.8, 4) is 5.75 Å². The van der Waals surface area contributed by atoms with E-state index in [4.69, 9.17) is 35.3 Å². The highest BCUT2D eigenvalue weighted by Gasteiger charge is 2.64. The number of benzene rings is 1. The molecule has 2 amide bonds. The van der Waals surface area contributed by atoms with E-state index in [1.165, 1.54) is 19.1 Å². The number of halogens is 1. The molecule has 0 radical (unpaired) electrons. The number of alkyl carbamates (subject to hydrolysis) is 1. The molecule has 3 aliphatic rings. The maximum Gasteiger partial charge on any atom is 0.409 e. The van der Waals surface area contributed by atoms with Gasteiger partial charge < -0.3 is 38.5 Å². The van der Waals surface area contributed by atoms with Crippen LogP contribution in [0.15, 0.2) is 48.3 Å². The lowest BCUT2D eigenvalue weighted by atomic mass is 9.83. The van der Waals surface area contributed by atoms with Crippen LogP contribution in [0, 0.1) is 5.92 Å². The molecule has 4 bridgehead atoms. The standard InChI is InChI=1S/C32H41ClN2O9/c1-18-9-8-10-25(41-7)32(39)17-24(43-30(38)34-32)20(3)29-31(4,44-29)26(42-19(2)11-12-36)16-27(37)35(5)22-14-21(13-18)15-23(40-6)28(22)33/h8-10,12,14-15,20,24-26,29,39H,2,11,13,16-17H2,1,3-7H3,(H,34,38)/b10-8+,18-9+. The van der Waals surface area contributed by atoms with Gasteiger partial charge in [-0.3, -0.25) is 10.1 Å². The number of ether oxygens (including phenoxy) is 5. The van der Waals surface area contributed by atoms with Crippen LogP contribution in [-0.4, -0.2) is 80.4 Å². The van der Waals surface area contributed by atoms with E-state index in [0.29, 0.717) is 24.1 Å². The van der Waals surface area contributed by atoms with Crippen LogP contribution in [0.25, 0.3) is 0 Å². The lowest BCUT2D eigenvalue weighted by Crippen LogP contribution is -2.63. The molecule has 7 atom stereocenters. The number of methoxy groups -OCH3 is 2. The number of aliphatic hydroxyl groups is 1. The van der Waals surface area contributed by atoms with Gasteiger partial charge in [0.05, 0.1) is 37.5 Å². The zero-order valence-corrected chi connectivity index (χ0v) is 26.7. The first-order valence-corrected chi connectivity index (χ1v) is 14.8. The maximum absolute atomic E-state index is 13.8. The molecule has 1 aromatic rings. The summed E-state index contributed by atoms with van der Waals surface area (Å²) in [5.41, 5.74) is -0.509. The molecule has 2 N–H and O–H groups in total. The Labute approximate surface area is 262 Å². The molecule has 0 aromatic heterocycles. The van der Waals surface area contributed by atoms with Crippen molar-refractivity contribution in [2.75, 3.05) is 26.2 Å². The molecule has 1 aromatic carbocycles. The average molecular weight is 633 g/mol. The fourth-order valence-electron chi connectivity index (χ4n) is 5.95. The maximum atomic E-state index is 13.8. The van der Waals surface area contributed by atoms with Crippen LogP contribution in [-0.2, 0) is 35.0 Å². The Morgan fingerprint density at radius 2 is 2.05 bits per heavy atom. The van der Waals surface area contributed by atoms with Crippen molar-refractivity contribution in [2.24, 2.45) is 5.92 Å². The number of nitrogens with zero attached hydrogens (tertiary/aromatic N) is 1. The smallest absolute Gasteiger partial charge is 0.409 e. The molecule has 4 rings (SSSR count). The number of epoxide rings is 1. The number of carbonyl (C=O) groups excluding carboxylic acids is 3. The van der Waals surface area contributed by atoms with Crippen molar-refractivity contribution >= 4 is 35.6 Å². The number of hydrogen-bond acceptors (Lipinski definition) is 9. The van der Waals surface area contributed by atoms with Gasteiger partial charge in [-0.05, 0) is 38.0 Å². The van der Waals surface area contributed by atoms with Crippen LogP contribution in [0.4, 0.5) is 10.5 Å². The number of amides is 2. The second-order valence-electron chi connectivity index (χ2n) is 11.8. The van der Waals surface area contributed by atoms with E-state index in [0.717, 1.165) is 11.1 Å². The van der Waals surface area contributed by atoms with Crippen LogP contribution in [0.5, 0.6) is 5.75 Å². The minimum Gasteiger partial charge on any atom is -0.495 e. The Hall–Kier alpha value is -3.38. The zero-order valence-electron chi connectivity index (χ0n) is 25.9. The number of rotatable bonds is 6. The molecule has 0 saturated carbocycles. The molecule has 11 nitrogen and oxygen atoms in total. The molecule has 0 aliphatic carbocycles. The van der Waals surface area contributed by atoms with Crippen molar-refractivity contribution in [3.05, 3.63) is 58.9 Å². The van der Waals surface area contributed by atoms with Gasteiger partial charge >= 0.3 is 6.09 Å². The van der Waals surface area contributed by atoms with Gasteiger partial charge in [-0.15, -0.1) is 0 Å². The molecule has 44 heavy (non-hydrogen) atoms. The molecular weight excluding hydrogens is 592 g/mol. The first-order chi connectivity index (χ1) is 20.8. The molecule has 0 spiro atoms. The van der Waals surface area contributed by atoms with Gasteiger partial charge in [0.1, 0.15) is 41.0 Å². The first-order valence-electron chi connectivity index (χ1n) is 14.4. The summed E-state index contributed by atoms with van der Waals surface area (Å²) in [7, 11) is 4.57. The largest absolute Gasteiger partial charge is 0.495 e. The highest BCUT2D eigenvalue weighted by atomic mass is 35.5. The van der Waals surface area contributed by atoms with Gasteiger partial charge in [-0.25, -0.2) is 4.79 Å².